The predicted molar refractivity (Wildman–Crippen MR) is 120 cm³/mol. The van der Waals surface area contributed by atoms with Gasteiger partial charge in [-0.1, -0.05) is 30.3 Å². The van der Waals surface area contributed by atoms with Crippen LogP contribution in [0.4, 0.5) is 5.69 Å². The molecule has 6 heteroatoms. The molecule has 1 aliphatic rings. The van der Waals surface area contributed by atoms with E-state index in [1.54, 1.807) is 12.5 Å². The Hall–Kier alpha value is -3.59. The number of hydrogen-bond donors (Lipinski definition) is 2. The zero-order valence-electron chi connectivity index (χ0n) is 17.7. The van der Waals surface area contributed by atoms with Gasteiger partial charge in [-0.15, -0.1) is 0 Å². The van der Waals surface area contributed by atoms with Crippen molar-refractivity contribution in [3.05, 3.63) is 83.9 Å². The molecule has 1 aromatic heterocycles. The van der Waals surface area contributed by atoms with E-state index in [1.165, 1.54) is 0 Å². The van der Waals surface area contributed by atoms with Crippen molar-refractivity contribution in [2.45, 2.75) is 31.7 Å². The highest BCUT2D eigenvalue weighted by atomic mass is 16.2. The van der Waals surface area contributed by atoms with E-state index in [1.807, 2.05) is 49.4 Å². The van der Waals surface area contributed by atoms with Crippen molar-refractivity contribution in [2.24, 2.45) is 5.92 Å². The number of anilines is 1. The van der Waals surface area contributed by atoms with Gasteiger partial charge in [0.25, 0.3) is 0 Å². The lowest BCUT2D eigenvalue weighted by molar-refractivity contribution is -0.127. The molecule has 31 heavy (non-hydrogen) atoms. The number of rotatable bonds is 6. The minimum absolute atomic E-state index is 0.0615. The van der Waals surface area contributed by atoms with Gasteiger partial charge in [0.1, 0.15) is 0 Å². The Kier molecular flexibility index (Phi) is 6.03. The van der Waals surface area contributed by atoms with Gasteiger partial charge in [-0.25, -0.2) is 4.98 Å². The van der Waals surface area contributed by atoms with Crippen LogP contribution in [-0.2, 0) is 16.8 Å². The molecule has 1 unspecified atom stereocenters. The van der Waals surface area contributed by atoms with E-state index in [0.717, 1.165) is 36.3 Å². The molecular weight excluding hydrogens is 386 g/mol. The van der Waals surface area contributed by atoms with Crippen LogP contribution in [0.1, 0.15) is 36.6 Å². The van der Waals surface area contributed by atoms with Crippen LogP contribution in [0.5, 0.6) is 0 Å². The summed E-state index contributed by atoms with van der Waals surface area (Å²) in [4.78, 5) is 23.0. The molecule has 0 aliphatic carbocycles. The maximum Gasteiger partial charge on any atom is 0.225 e. The van der Waals surface area contributed by atoms with Gasteiger partial charge in [0.05, 0.1) is 41.3 Å². The third kappa shape index (κ3) is 4.77. The van der Waals surface area contributed by atoms with Gasteiger partial charge < -0.3 is 15.2 Å². The Bertz CT molecular complexity index is 1040. The monoisotopic (exact) mass is 413 g/mol. The highest BCUT2D eigenvalue weighted by molar-refractivity contribution is 5.80. The number of imidazole rings is 1. The summed E-state index contributed by atoms with van der Waals surface area (Å²) in [5.41, 5.74) is 3.07. The lowest BCUT2D eigenvalue weighted by atomic mass is 9.87. The summed E-state index contributed by atoms with van der Waals surface area (Å²) in [5.74, 6) is -0.0106. The Morgan fingerprint density at radius 3 is 2.71 bits per heavy atom. The number of aromatic amines is 1. The van der Waals surface area contributed by atoms with E-state index in [4.69, 9.17) is 5.26 Å². The summed E-state index contributed by atoms with van der Waals surface area (Å²) in [6.07, 6.45) is 5.87. The van der Waals surface area contributed by atoms with Gasteiger partial charge in [0.2, 0.25) is 5.91 Å². The molecule has 158 valence electrons. The SMILES string of the molecule is CC(Cc1ccc(C#N)cc1)(NC(=O)[C@H]1CCCN(c2ccccc2)C1)c1cnc[nH]1. The Morgan fingerprint density at radius 2 is 2.03 bits per heavy atom. The van der Waals surface area contributed by atoms with Crippen molar-refractivity contribution in [1.82, 2.24) is 15.3 Å². The molecule has 1 aliphatic heterocycles. The fourth-order valence-corrected chi connectivity index (χ4v) is 4.31. The first-order valence-corrected chi connectivity index (χ1v) is 10.7. The maximum atomic E-state index is 13.4. The first-order chi connectivity index (χ1) is 15.1. The third-order valence-electron chi connectivity index (χ3n) is 6.05. The quantitative estimate of drug-likeness (QED) is 0.644. The van der Waals surface area contributed by atoms with Gasteiger partial charge in [-0.3, -0.25) is 4.79 Å². The number of nitrogens with one attached hydrogen (secondary N) is 2. The van der Waals surface area contributed by atoms with Crippen LogP contribution < -0.4 is 10.2 Å². The lowest BCUT2D eigenvalue weighted by Gasteiger charge is -2.37. The van der Waals surface area contributed by atoms with Crippen molar-refractivity contribution in [1.29, 1.82) is 5.26 Å². The second-order valence-corrected chi connectivity index (χ2v) is 8.39. The van der Waals surface area contributed by atoms with Gasteiger partial charge in [0.15, 0.2) is 0 Å². The molecule has 6 nitrogen and oxygen atoms in total. The van der Waals surface area contributed by atoms with Crippen molar-refractivity contribution >= 4 is 11.6 Å². The number of carbonyl (C=O) groups is 1. The highest BCUT2D eigenvalue weighted by Gasteiger charge is 2.34. The number of hydrogen-bond acceptors (Lipinski definition) is 4. The standard InChI is InChI=1S/C25H27N5O/c1-25(23-16-27-18-28-23,14-19-9-11-20(15-26)12-10-19)29-24(31)21-6-5-13-30(17-21)22-7-3-2-4-8-22/h2-4,7-12,16,18,21H,5-6,13-14,17H2,1H3,(H,27,28)(H,29,31)/t21-,25?/m0/s1. The van der Waals surface area contributed by atoms with Crippen LogP contribution in [0.25, 0.3) is 0 Å². The first-order valence-electron chi connectivity index (χ1n) is 10.7. The van der Waals surface area contributed by atoms with Crippen LogP contribution in [0.15, 0.2) is 67.1 Å². The van der Waals surface area contributed by atoms with Crippen LogP contribution in [0.3, 0.4) is 0 Å². The molecule has 0 saturated carbocycles. The molecule has 1 amide bonds. The fourth-order valence-electron chi connectivity index (χ4n) is 4.31. The number of nitrogens with zero attached hydrogens (tertiary/aromatic N) is 3. The number of aromatic nitrogens is 2. The summed E-state index contributed by atoms with van der Waals surface area (Å²) in [7, 11) is 0. The van der Waals surface area contributed by atoms with Crippen LogP contribution in [0, 0.1) is 17.2 Å². The van der Waals surface area contributed by atoms with Crippen molar-refractivity contribution in [2.75, 3.05) is 18.0 Å². The van der Waals surface area contributed by atoms with Gasteiger partial charge >= 0.3 is 0 Å². The molecule has 2 N–H and O–H groups in total. The summed E-state index contributed by atoms with van der Waals surface area (Å²) < 4.78 is 0. The largest absolute Gasteiger partial charge is 0.371 e. The van der Waals surface area contributed by atoms with Crippen molar-refractivity contribution in [3.8, 4) is 6.07 Å². The van der Waals surface area contributed by atoms with Crippen LogP contribution >= 0.6 is 0 Å². The molecular formula is C25H27N5O. The number of benzene rings is 2. The van der Waals surface area contributed by atoms with Crippen LogP contribution in [0.2, 0.25) is 0 Å². The van der Waals surface area contributed by atoms with Crippen molar-refractivity contribution in [3.63, 3.8) is 0 Å². The lowest BCUT2D eigenvalue weighted by Crippen LogP contribution is -2.51. The number of H-pyrrole nitrogens is 1. The molecule has 4 rings (SSSR count). The molecule has 0 bridgehead atoms. The van der Waals surface area contributed by atoms with Crippen molar-refractivity contribution < 1.29 is 4.79 Å². The smallest absolute Gasteiger partial charge is 0.225 e. The predicted octanol–water partition coefficient (Wildman–Crippen LogP) is 3.77. The summed E-state index contributed by atoms with van der Waals surface area (Å²) >= 11 is 0. The highest BCUT2D eigenvalue weighted by Crippen LogP contribution is 2.27. The van der Waals surface area contributed by atoms with Gasteiger partial charge in [-0.2, -0.15) is 5.26 Å². The molecule has 0 radical (unpaired) electrons. The molecule has 1 fully saturated rings. The number of nitriles is 1. The molecule has 0 spiro atoms. The second kappa shape index (κ2) is 9.05. The van der Waals surface area contributed by atoms with E-state index < -0.39 is 5.54 Å². The zero-order chi connectivity index (χ0) is 21.7. The number of carbonyl (C=O) groups excluding carboxylic acids is 1. The van der Waals surface area contributed by atoms with Gasteiger partial charge in [-0.05, 0) is 49.6 Å². The summed E-state index contributed by atoms with van der Waals surface area (Å²) in [5, 5.41) is 12.4. The maximum absolute atomic E-state index is 13.4. The fraction of sp³-hybridized carbons (Fsp3) is 0.320. The normalized spacial score (nSPS) is 18.1. The molecule has 1 saturated heterocycles. The van der Waals surface area contributed by atoms with E-state index in [2.05, 4.69) is 38.4 Å². The van der Waals surface area contributed by atoms with E-state index in [0.29, 0.717) is 18.5 Å². The minimum atomic E-state index is -0.628. The minimum Gasteiger partial charge on any atom is -0.371 e. The van der Waals surface area contributed by atoms with E-state index in [9.17, 15) is 4.79 Å². The van der Waals surface area contributed by atoms with E-state index >= 15 is 0 Å². The zero-order valence-corrected chi connectivity index (χ0v) is 17.7. The Balaban J connectivity index is 1.51. The Labute approximate surface area is 182 Å². The Morgan fingerprint density at radius 1 is 1.26 bits per heavy atom. The summed E-state index contributed by atoms with van der Waals surface area (Å²) in [6.45, 7) is 3.71. The molecule has 2 heterocycles. The topological polar surface area (TPSA) is 84.8 Å². The number of amides is 1. The first kappa shape index (κ1) is 20.7. The summed E-state index contributed by atoms with van der Waals surface area (Å²) in [6, 6.07) is 19.9. The van der Waals surface area contributed by atoms with Crippen LogP contribution in [-0.4, -0.2) is 29.0 Å². The van der Waals surface area contributed by atoms with Gasteiger partial charge in [0, 0.05) is 25.2 Å². The molecule has 3 aromatic rings. The average Bonchev–Trinajstić information content (AvgIpc) is 3.36. The van der Waals surface area contributed by atoms with E-state index in [-0.39, 0.29) is 11.8 Å². The molecule has 2 aromatic carbocycles. The number of para-hydroxylation sites is 1. The third-order valence-corrected chi connectivity index (χ3v) is 6.05. The second-order valence-electron chi connectivity index (χ2n) is 8.39. The molecule has 2 atom stereocenters. The number of piperidine rings is 1. The average molecular weight is 414 g/mol.